The number of thiophene rings is 1. The van der Waals surface area contributed by atoms with Crippen molar-refractivity contribution in [3.8, 4) is 0 Å². The zero-order valence-corrected chi connectivity index (χ0v) is 17.2. The summed E-state index contributed by atoms with van der Waals surface area (Å²) in [4.78, 5) is 22.1. The van der Waals surface area contributed by atoms with Gasteiger partial charge in [0.15, 0.2) is 0 Å². The maximum Gasteiger partial charge on any atom is 0.263 e. The lowest BCUT2D eigenvalue weighted by atomic mass is 10.2. The van der Waals surface area contributed by atoms with Crippen LogP contribution in [0.25, 0.3) is 0 Å². The maximum atomic E-state index is 12.8. The number of aliphatic imine (C=N–C) groups is 1. The quantitative estimate of drug-likeness (QED) is 0.738. The number of nitrogens with one attached hydrogen (secondary N) is 2. The van der Waals surface area contributed by atoms with Crippen LogP contribution < -0.4 is 9.62 Å². The molecule has 1 amide bonds. The first-order valence-electron chi connectivity index (χ1n) is 9.29. The topological polar surface area (TPSA) is 83.3 Å². The summed E-state index contributed by atoms with van der Waals surface area (Å²) in [5.41, 5.74) is 0.521. The normalized spacial score (nSPS) is 21.3. The summed E-state index contributed by atoms with van der Waals surface area (Å²) in [5.74, 6) is 0.185. The van der Waals surface area contributed by atoms with Gasteiger partial charge in [0, 0.05) is 5.56 Å². The number of benzene rings is 1. The van der Waals surface area contributed by atoms with Crippen molar-refractivity contribution in [3.05, 3.63) is 52.2 Å². The Balaban J connectivity index is 1.40. The Morgan fingerprint density at radius 1 is 1.25 bits per heavy atom. The molecule has 28 heavy (non-hydrogen) atoms. The van der Waals surface area contributed by atoms with Gasteiger partial charge in [-0.15, -0.1) is 11.3 Å². The molecule has 148 valence electrons. The van der Waals surface area contributed by atoms with Crippen LogP contribution in [0.2, 0.25) is 0 Å². The summed E-state index contributed by atoms with van der Waals surface area (Å²) in [6.07, 6.45) is 0. The van der Waals surface area contributed by atoms with Crippen LogP contribution >= 0.6 is 11.3 Å². The van der Waals surface area contributed by atoms with Crippen LogP contribution in [0.15, 0.2) is 51.7 Å². The summed E-state index contributed by atoms with van der Waals surface area (Å²) in [5, 5.41) is 2.09. The van der Waals surface area contributed by atoms with Crippen LogP contribution in [0.4, 0.5) is 0 Å². The Morgan fingerprint density at radius 3 is 2.71 bits per heavy atom. The van der Waals surface area contributed by atoms with Crippen molar-refractivity contribution in [2.75, 3.05) is 26.2 Å². The molecule has 2 aliphatic rings. The second-order valence-electron chi connectivity index (χ2n) is 7.09. The molecule has 1 aromatic heterocycles. The van der Waals surface area contributed by atoms with Crippen LogP contribution in [0.1, 0.15) is 17.4 Å². The van der Waals surface area contributed by atoms with Gasteiger partial charge in [-0.2, -0.15) is 0 Å². The van der Waals surface area contributed by atoms with Crippen LogP contribution in [0.5, 0.6) is 0 Å². The fourth-order valence-corrected chi connectivity index (χ4v) is 5.64. The van der Waals surface area contributed by atoms with Gasteiger partial charge < -0.3 is 9.80 Å². The fraction of sp³-hybridized carbons (Fsp3) is 0.368. The molecule has 2 N–H and O–H groups in total. The number of carbonyl (C=O) groups excluding carboxylic acids is 1. The van der Waals surface area contributed by atoms with E-state index in [0.717, 1.165) is 19.6 Å². The number of rotatable bonds is 4. The first kappa shape index (κ1) is 19.1. The average Bonchev–Trinajstić information content (AvgIpc) is 3.28. The van der Waals surface area contributed by atoms with Gasteiger partial charge in [-0.1, -0.05) is 18.2 Å². The minimum absolute atomic E-state index is 0.0637. The van der Waals surface area contributed by atoms with Gasteiger partial charge in [0.05, 0.1) is 36.0 Å². The molecule has 7 nitrogen and oxygen atoms in total. The highest BCUT2D eigenvalue weighted by Crippen LogP contribution is 2.22. The number of hydrogen-bond donors (Lipinski definition) is 2. The van der Waals surface area contributed by atoms with E-state index in [1.54, 1.807) is 42.5 Å². The van der Waals surface area contributed by atoms with Crippen LogP contribution in [-0.4, -0.2) is 57.3 Å². The summed E-state index contributed by atoms with van der Waals surface area (Å²) < 4.78 is 26.9. The lowest BCUT2D eigenvalue weighted by Crippen LogP contribution is -3.13. The summed E-state index contributed by atoms with van der Waals surface area (Å²) >= 11 is 1.77. The second-order valence-corrected chi connectivity index (χ2v) is 9.77. The first-order valence-corrected chi connectivity index (χ1v) is 11.6. The van der Waals surface area contributed by atoms with Crippen molar-refractivity contribution >= 4 is 33.1 Å². The Kier molecular flexibility index (Phi) is 5.22. The Hall–Kier alpha value is -2.23. The van der Waals surface area contributed by atoms with Crippen molar-refractivity contribution in [1.29, 1.82) is 0 Å². The van der Waals surface area contributed by atoms with E-state index in [1.165, 1.54) is 9.78 Å². The molecule has 2 aliphatic heterocycles. The van der Waals surface area contributed by atoms with Gasteiger partial charge >= 0.3 is 0 Å². The van der Waals surface area contributed by atoms with E-state index >= 15 is 0 Å². The number of amidine groups is 1. The van der Waals surface area contributed by atoms with Gasteiger partial charge in [-0.3, -0.25) is 14.5 Å². The van der Waals surface area contributed by atoms with E-state index in [9.17, 15) is 13.2 Å². The molecule has 0 spiro atoms. The fourth-order valence-electron chi connectivity index (χ4n) is 3.62. The molecule has 0 saturated carbocycles. The molecule has 3 heterocycles. The third-order valence-corrected chi connectivity index (χ3v) is 7.40. The maximum absolute atomic E-state index is 12.8. The number of hydrogen-bond acceptors (Lipinski definition) is 5. The number of quaternary nitrogens is 1. The molecule has 1 saturated heterocycles. The predicted octanol–water partition coefficient (Wildman–Crippen LogP) is 0.102. The molecule has 1 atom stereocenters. The molecular formula is C19H23N4O3S2+. The third kappa shape index (κ3) is 3.82. The summed E-state index contributed by atoms with van der Waals surface area (Å²) in [6.45, 7) is 5.91. The van der Waals surface area contributed by atoms with Crippen molar-refractivity contribution in [1.82, 2.24) is 9.62 Å². The van der Waals surface area contributed by atoms with Gasteiger partial charge in [0.2, 0.25) is 5.91 Å². The number of nitrogens with zero attached hydrogens (tertiary/aromatic N) is 2. The minimum Gasteiger partial charge on any atom is -0.330 e. The molecule has 0 radical (unpaired) electrons. The van der Waals surface area contributed by atoms with E-state index in [0.29, 0.717) is 18.7 Å². The smallest absolute Gasteiger partial charge is 0.263 e. The van der Waals surface area contributed by atoms with E-state index in [1.807, 2.05) is 4.90 Å². The number of fused-ring (bicyclic) bond motifs is 1. The van der Waals surface area contributed by atoms with E-state index < -0.39 is 16.1 Å². The molecular weight excluding hydrogens is 396 g/mol. The average molecular weight is 420 g/mol. The highest BCUT2D eigenvalue weighted by atomic mass is 32.2. The predicted molar refractivity (Wildman–Crippen MR) is 108 cm³/mol. The standard InChI is InChI=1S/C19H22N4O3S2/c1-14(20-18-16-6-2-3-7-17(16)28(25,26)21-18)19(24)23-10-8-22(9-11-23)13-15-5-4-12-27-15/h2-7,12,14H,8-11,13H2,1H3,(H,20,21)/p+1/t14-/m0/s1. The zero-order chi connectivity index (χ0) is 19.7. The highest BCUT2D eigenvalue weighted by molar-refractivity contribution is 7.90. The van der Waals surface area contributed by atoms with E-state index in [4.69, 9.17) is 0 Å². The van der Waals surface area contributed by atoms with Gasteiger partial charge in [-0.25, -0.2) is 8.42 Å². The zero-order valence-electron chi connectivity index (χ0n) is 15.6. The molecule has 2 aromatic rings. The van der Waals surface area contributed by atoms with Crippen LogP contribution in [-0.2, 0) is 21.4 Å². The highest BCUT2D eigenvalue weighted by Gasteiger charge is 2.32. The molecule has 1 aromatic carbocycles. The SMILES string of the molecule is C[C@H](N=C1NS(=O)(=O)c2ccccc21)C(=O)N1CC[NH+](Cc2cccs2)CC1. The lowest BCUT2D eigenvalue weighted by Gasteiger charge is -2.32. The van der Waals surface area contributed by atoms with Gasteiger partial charge in [-0.05, 0) is 30.5 Å². The van der Waals surface area contributed by atoms with E-state index in [2.05, 4.69) is 27.2 Å². The molecule has 9 heteroatoms. The largest absolute Gasteiger partial charge is 0.330 e. The molecule has 1 fully saturated rings. The minimum atomic E-state index is -3.59. The van der Waals surface area contributed by atoms with Crippen LogP contribution in [0, 0.1) is 0 Å². The van der Waals surface area contributed by atoms with Gasteiger partial charge in [0.1, 0.15) is 18.4 Å². The first-order chi connectivity index (χ1) is 13.4. The number of carbonyl (C=O) groups is 1. The second kappa shape index (κ2) is 7.65. The number of amides is 1. The monoisotopic (exact) mass is 419 g/mol. The van der Waals surface area contributed by atoms with Crippen molar-refractivity contribution < 1.29 is 18.1 Å². The molecule has 0 aliphatic carbocycles. The Labute approximate surface area is 168 Å². The Morgan fingerprint density at radius 2 is 2.00 bits per heavy atom. The summed E-state index contributed by atoms with van der Waals surface area (Å²) in [6, 6.07) is 10.3. The van der Waals surface area contributed by atoms with Crippen molar-refractivity contribution in [2.45, 2.75) is 24.4 Å². The third-order valence-electron chi connectivity index (χ3n) is 5.13. The molecule has 4 rings (SSSR count). The van der Waals surface area contributed by atoms with Gasteiger partial charge in [0.25, 0.3) is 10.0 Å². The van der Waals surface area contributed by atoms with Crippen LogP contribution in [0.3, 0.4) is 0 Å². The lowest BCUT2D eigenvalue weighted by molar-refractivity contribution is -0.917. The number of piperazine rings is 1. The van der Waals surface area contributed by atoms with Crippen molar-refractivity contribution in [3.63, 3.8) is 0 Å². The molecule has 0 bridgehead atoms. The number of sulfonamides is 1. The Bertz CT molecular complexity index is 994. The summed E-state index contributed by atoms with van der Waals surface area (Å²) in [7, 11) is -3.59. The van der Waals surface area contributed by atoms with E-state index in [-0.39, 0.29) is 16.6 Å². The molecule has 0 unspecified atom stereocenters. The van der Waals surface area contributed by atoms with Crippen molar-refractivity contribution in [2.24, 2.45) is 4.99 Å².